The zero-order valence-electron chi connectivity index (χ0n) is 10.4. The molecule has 20 heavy (non-hydrogen) atoms. The SMILES string of the molecule is O=[N+]([O-])c1cccc(/C=C/c2ccc(C(O)Br)cc2)c1. The standard InChI is InChI=1S/C15H12BrNO3/c16-15(18)13-8-6-11(7-9-13)4-5-12-2-1-3-14(10-12)17(19)20/h1-10,15,18H/b5-4+. The van der Waals surface area contributed by atoms with Crippen LogP contribution in [0.15, 0.2) is 48.5 Å². The second-order valence-electron chi connectivity index (χ2n) is 4.19. The van der Waals surface area contributed by atoms with Crippen LogP contribution in [0.25, 0.3) is 12.2 Å². The van der Waals surface area contributed by atoms with Gasteiger partial charge in [0.05, 0.1) is 4.92 Å². The van der Waals surface area contributed by atoms with Crippen molar-refractivity contribution in [3.8, 4) is 0 Å². The lowest BCUT2D eigenvalue weighted by Crippen LogP contribution is -1.87. The minimum Gasteiger partial charge on any atom is -0.377 e. The molecule has 0 amide bonds. The molecule has 102 valence electrons. The largest absolute Gasteiger partial charge is 0.377 e. The van der Waals surface area contributed by atoms with Crippen LogP contribution in [0.5, 0.6) is 0 Å². The highest BCUT2D eigenvalue weighted by Gasteiger charge is 2.04. The molecule has 0 saturated heterocycles. The molecule has 0 fully saturated rings. The minimum atomic E-state index is -0.669. The first-order valence-electron chi connectivity index (χ1n) is 5.91. The molecule has 0 bridgehead atoms. The summed E-state index contributed by atoms with van der Waals surface area (Å²) in [7, 11) is 0. The Morgan fingerprint density at radius 1 is 1.10 bits per heavy atom. The van der Waals surface area contributed by atoms with Crippen molar-refractivity contribution in [2.45, 2.75) is 5.01 Å². The summed E-state index contributed by atoms with van der Waals surface area (Å²) in [6.07, 6.45) is 3.68. The van der Waals surface area contributed by atoms with Gasteiger partial charge in [-0.05, 0) is 16.7 Å². The predicted octanol–water partition coefficient (Wildman–Crippen LogP) is 4.15. The molecule has 0 saturated carbocycles. The van der Waals surface area contributed by atoms with E-state index in [9.17, 15) is 15.2 Å². The molecule has 2 aromatic rings. The van der Waals surface area contributed by atoms with Gasteiger partial charge in [-0.2, -0.15) is 0 Å². The molecule has 4 nitrogen and oxygen atoms in total. The highest BCUT2D eigenvalue weighted by molar-refractivity contribution is 9.09. The molecular weight excluding hydrogens is 322 g/mol. The van der Waals surface area contributed by atoms with Crippen LogP contribution in [0.3, 0.4) is 0 Å². The number of non-ortho nitro benzene ring substituents is 1. The van der Waals surface area contributed by atoms with Crippen LogP contribution in [-0.4, -0.2) is 10.0 Å². The summed E-state index contributed by atoms with van der Waals surface area (Å²) >= 11 is 3.08. The fraction of sp³-hybridized carbons (Fsp3) is 0.0667. The van der Waals surface area contributed by atoms with Crippen LogP contribution in [0.1, 0.15) is 21.7 Å². The van der Waals surface area contributed by atoms with Crippen LogP contribution in [0.2, 0.25) is 0 Å². The van der Waals surface area contributed by atoms with Gasteiger partial charge in [-0.15, -0.1) is 0 Å². The Morgan fingerprint density at radius 2 is 1.75 bits per heavy atom. The quantitative estimate of drug-likeness (QED) is 0.395. The van der Waals surface area contributed by atoms with E-state index in [1.54, 1.807) is 12.1 Å². The number of nitro benzene ring substituents is 1. The van der Waals surface area contributed by atoms with E-state index in [2.05, 4.69) is 15.9 Å². The van der Waals surface area contributed by atoms with Gasteiger partial charge in [0.2, 0.25) is 0 Å². The van der Waals surface area contributed by atoms with Gasteiger partial charge < -0.3 is 5.11 Å². The molecule has 0 spiro atoms. The van der Waals surface area contributed by atoms with Crippen LogP contribution in [-0.2, 0) is 0 Å². The fourth-order valence-corrected chi connectivity index (χ4v) is 2.01. The number of aliphatic hydroxyl groups excluding tert-OH is 1. The average molecular weight is 334 g/mol. The lowest BCUT2D eigenvalue weighted by molar-refractivity contribution is -0.384. The van der Waals surface area contributed by atoms with Gasteiger partial charge in [0, 0.05) is 12.1 Å². The van der Waals surface area contributed by atoms with Crippen LogP contribution in [0.4, 0.5) is 5.69 Å². The lowest BCUT2D eigenvalue weighted by Gasteiger charge is -2.02. The number of hydrogen-bond donors (Lipinski definition) is 1. The number of hydrogen-bond acceptors (Lipinski definition) is 3. The van der Waals surface area contributed by atoms with Gasteiger partial charge in [0.25, 0.3) is 5.69 Å². The summed E-state index contributed by atoms with van der Waals surface area (Å²) in [6.45, 7) is 0. The molecule has 2 aromatic carbocycles. The molecule has 0 heterocycles. The number of rotatable bonds is 4. The summed E-state index contributed by atoms with van der Waals surface area (Å²) in [5.41, 5.74) is 2.57. The van der Waals surface area contributed by atoms with E-state index in [1.165, 1.54) is 12.1 Å². The minimum absolute atomic E-state index is 0.0740. The Labute approximate surface area is 124 Å². The van der Waals surface area contributed by atoms with E-state index in [0.29, 0.717) is 0 Å². The van der Waals surface area contributed by atoms with E-state index in [1.807, 2.05) is 36.4 Å². The maximum atomic E-state index is 10.7. The number of halogens is 1. The van der Waals surface area contributed by atoms with Gasteiger partial charge in [0.15, 0.2) is 0 Å². The second kappa shape index (κ2) is 6.45. The van der Waals surface area contributed by atoms with Gasteiger partial charge in [0.1, 0.15) is 5.01 Å². The van der Waals surface area contributed by atoms with Gasteiger partial charge in [-0.3, -0.25) is 10.1 Å². The van der Waals surface area contributed by atoms with Gasteiger partial charge in [-0.25, -0.2) is 0 Å². The summed E-state index contributed by atoms with van der Waals surface area (Å²) in [6, 6.07) is 13.8. The van der Waals surface area contributed by atoms with Crippen molar-refractivity contribution in [2.75, 3.05) is 0 Å². The first-order valence-corrected chi connectivity index (χ1v) is 6.82. The van der Waals surface area contributed by atoms with E-state index >= 15 is 0 Å². The van der Waals surface area contributed by atoms with Crippen molar-refractivity contribution in [1.29, 1.82) is 0 Å². The fourth-order valence-electron chi connectivity index (χ4n) is 1.70. The molecule has 1 atom stereocenters. The average Bonchev–Trinajstić information content (AvgIpc) is 2.46. The molecule has 0 aromatic heterocycles. The molecule has 0 aliphatic heterocycles. The molecule has 0 aliphatic carbocycles. The zero-order chi connectivity index (χ0) is 14.5. The van der Waals surface area contributed by atoms with Crippen LogP contribution < -0.4 is 0 Å². The Balaban J connectivity index is 2.16. The molecule has 0 aliphatic rings. The number of nitro groups is 1. The molecule has 5 heteroatoms. The predicted molar refractivity (Wildman–Crippen MR) is 82.4 cm³/mol. The van der Waals surface area contributed by atoms with Crippen LogP contribution >= 0.6 is 15.9 Å². The maximum absolute atomic E-state index is 10.7. The Hall–Kier alpha value is -1.98. The number of benzene rings is 2. The van der Waals surface area contributed by atoms with Crippen LogP contribution in [0, 0.1) is 10.1 Å². The molecule has 0 radical (unpaired) electrons. The second-order valence-corrected chi connectivity index (χ2v) is 5.06. The summed E-state index contributed by atoms with van der Waals surface area (Å²) in [5, 5.41) is 19.4. The summed E-state index contributed by atoms with van der Waals surface area (Å²) in [5.74, 6) is 0. The maximum Gasteiger partial charge on any atom is 0.270 e. The summed E-state index contributed by atoms with van der Waals surface area (Å²) < 4.78 is 0. The Bertz CT molecular complexity index is 636. The Kier molecular flexibility index (Phi) is 4.65. The number of aliphatic hydroxyl groups is 1. The van der Waals surface area contributed by atoms with Crippen molar-refractivity contribution in [3.63, 3.8) is 0 Å². The lowest BCUT2D eigenvalue weighted by atomic mass is 10.1. The van der Waals surface area contributed by atoms with Crippen molar-refractivity contribution >= 4 is 33.8 Å². The van der Waals surface area contributed by atoms with Crippen molar-refractivity contribution < 1.29 is 10.0 Å². The van der Waals surface area contributed by atoms with E-state index < -0.39 is 9.94 Å². The van der Waals surface area contributed by atoms with Crippen molar-refractivity contribution in [2.24, 2.45) is 0 Å². The highest BCUT2D eigenvalue weighted by Crippen LogP contribution is 2.20. The van der Waals surface area contributed by atoms with Crippen molar-refractivity contribution in [1.82, 2.24) is 0 Å². The normalized spacial score (nSPS) is 12.5. The van der Waals surface area contributed by atoms with Gasteiger partial charge >= 0.3 is 0 Å². The topological polar surface area (TPSA) is 63.4 Å². The van der Waals surface area contributed by atoms with Crippen molar-refractivity contribution in [3.05, 3.63) is 75.3 Å². The third-order valence-electron chi connectivity index (χ3n) is 2.76. The smallest absolute Gasteiger partial charge is 0.270 e. The zero-order valence-corrected chi connectivity index (χ0v) is 12.0. The third-order valence-corrected chi connectivity index (χ3v) is 3.29. The van der Waals surface area contributed by atoms with E-state index in [4.69, 9.17) is 0 Å². The van der Waals surface area contributed by atoms with E-state index in [0.717, 1.165) is 16.7 Å². The molecular formula is C15H12BrNO3. The monoisotopic (exact) mass is 333 g/mol. The number of alkyl halides is 1. The molecule has 1 N–H and O–H groups in total. The number of nitrogens with zero attached hydrogens (tertiary/aromatic N) is 1. The highest BCUT2D eigenvalue weighted by atomic mass is 79.9. The molecule has 2 rings (SSSR count). The van der Waals surface area contributed by atoms with E-state index in [-0.39, 0.29) is 5.69 Å². The molecule has 1 unspecified atom stereocenters. The first kappa shape index (κ1) is 14.4. The third kappa shape index (κ3) is 3.76. The first-order chi connectivity index (χ1) is 9.56. The Morgan fingerprint density at radius 3 is 2.35 bits per heavy atom. The summed E-state index contributed by atoms with van der Waals surface area (Å²) in [4.78, 5) is 10.3. The van der Waals surface area contributed by atoms with Gasteiger partial charge in [-0.1, -0.05) is 64.5 Å².